The van der Waals surface area contributed by atoms with E-state index in [-0.39, 0.29) is 6.61 Å². The lowest BCUT2D eigenvalue weighted by Gasteiger charge is -2.37. The minimum Gasteiger partial charge on any atom is -0.395 e. The van der Waals surface area contributed by atoms with Gasteiger partial charge in [-0.25, -0.2) is 4.98 Å². The lowest BCUT2D eigenvalue weighted by molar-refractivity contribution is 0.311. The smallest absolute Gasteiger partial charge is 0.227 e. The first-order chi connectivity index (χ1) is 13.8. The summed E-state index contributed by atoms with van der Waals surface area (Å²) in [6.45, 7) is 1.92. The highest BCUT2D eigenvalue weighted by Crippen LogP contribution is 2.36. The molecular formula is C22H23N5O. The summed E-state index contributed by atoms with van der Waals surface area (Å²) in [5.41, 5.74) is 1.50. The number of nitriles is 1. The Hall–Kier alpha value is -3.17. The molecule has 1 aromatic heterocycles. The van der Waals surface area contributed by atoms with Gasteiger partial charge >= 0.3 is 0 Å². The average molecular weight is 373 g/mol. The van der Waals surface area contributed by atoms with Crippen molar-refractivity contribution in [2.75, 3.05) is 36.5 Å². The van der Waals surface area contributed by atoms with Crippen molar-refractivity contribution in [2.24, 2.45) is 0 Å². The molecule has 3 aromatic rings. The van der Waals surface area contributed by atoms with Gasteiger partial charge in [-0.2, -0.15) is 10.2 Å². The van der Waals surface area contributed by atoms with Crippen LogP contribution in [-0.2, 0) is 5.41 Å². The van der Waals surface area contributed by atoms with Crippen molar-refractivity contribution in [3.63, 3.8) is 0 Å². The second-order valence-corrected chi connectivity index (χ2v) is 7.09. The van der Waals surface area contributed by atoms with Gasteiger partial charge in [0.15, 0.2) is 0 Å². The van der Waals surface area contributed by atoms with Gasteiger partial charge in [-0.1, -0.05) is 42.5 Å². The van der Waals surface area contributed by atoms with Gasteiger partial charge in [-0.05, 0) is 30.5 Å². The van der Waals surface area contributed by atoms with Crippen molar-refractivity contribution in [2.45, 2.75) is 18.3 Å². The van der Waals surface area contributed by atoms with Crippen LogP contribution in [0.4, 0.5) is 11.8 Å². The van der Waals surface area contributed by atoms with Crippen LogP contribution in [0.1, 0.15) is 18.4 Å². The summed E-state index contributed by atoms with van der Waals surface area (Å²) >= 11 is 0. The standard InChI is InChI=1S/C22H23N5O/c23-16-22(17-6-2-1-3-7-17)10-13-27(14-11-22)21-25-19-9-5-4-8-18(19)20(26-21)24-12-15-28/h1-9,28H,10-15H2,(H,24,25,26). The maximum absolute atomic E-state index is 9.90. The molecular weight excluding hydrogens is 350 g/mol. The monoisotopic (exact) mass is 373 g/mol. The van der Waals surface area contributed by atoms with Gasteiger partial charge in [-0.3, -0.25) is 0 Å². The van der Waals surface area contributed by atoms with Crippen LogP contribution in [-0.4, -0.2) is 41.3 Å². The number of rotatable bonds is 5. The SMILES string of the molecule is N#CC1(c2ccccc2)CCN(c2nc(NCCO)c3ccccc3n2)CC1. The zero-order valence-corrected chi connectivity index (χ0v) is 15.7. The number of aliphatic hydroxyl groups is 1. The molecule has 0 atom stereocenters. The summed E-state index contributed by atoms with van der Waals surface area (Å²) in [4.78, 5) is 11.6. The van der Waals surface area contributed by atoms with E-state index in [4.69, 9.17) is 15.1 Å². The van der Waals surface area contributed by atoms with E-state index >= 15 is 0 Å². The number of piperidine rings is 1. The molecule has 6 nitrogen and oxygen atoms in total. The first-order valence-electron chi connectivity index (χ1n) is 9.59. The Morgan fingerprint density at radius 2 is 1.75 bits per heavy atom. The first kappa shape index (κ1) is 18.2. The number of hydrogen-bond acceptors (Lipinski definition) is 6. The molecule has 0 amide bonds. The fourth-order valence-corrected chi connectivity index (χ4v) is 3.83. The van der Waals surface area contributed by atoms with Gasteiger partial charge in [0.05, 0.1) is 23.6 Å². The van der Waals surface area contributed by atoms with E-state index in [1.807, 2.05) is 54.6 Å². The highest BCUT2D eigenvalue weighted by atomic mass is 16.3. The molecule has 0 unspecified atom stereocenters. The van der Waals surface area contributed by atoms with Crippen molar-refractivity contribution in [1.82, 2.24) is 9.97 Å². The second kappa shape index (κ2) is 7.83. The van der Waals surface area contributed by atoms with Crippen molar-refractivity contribution in [3.05, 3.63) is 60.2 Å². The molecule has 2 heterocycles. The molecule has 28 heavy (non-hydrogen) atoms. The Morgan fingerprint density at radius 3 is 2.46 bits per heavy atom. The van der Waals surface area contributed by atoms with Crippen LogP contribution in [0.25, 0.3) is 10.9 Å². The number of fused-ring (bicyclic) bond motifs is 1. The zero-order valence-electron chi connectivity index (χ0n) is 15.7. The van der Waals surface area contributed by atoms with Gasteiger partial charge in [0.2, 0.25) is 5.95 Å². The van der Waals surface area contributed by atoms with Crippen LogP contribution in [0.15, 0.2) is 54.6 Å². The van der Waals surface area contributed by atoms with Gasteiger partial charge in [0.25, 0.3) is 0 Å². The largest absolute Gasteiger partial charge is 0.395 e. The van der Waals surface area contributed by atoms with Crippen molar-refractivity contribution < 1.29 is 5.11 Å². The number of nitrogens with one attached hydrogen (secondary N) is 1. The maximum Gasteiger partial charge on any atom is 0.227 e. The van der Waals surface area contributed by atoms with Crippen LogP contribution in [0.3, 0.4) is 0 Å². The summed E-state index contributed by atoms with van der Waals surface area (Å²) in [7, 11) is 0. The quantitative estimate of drug-likeness (QED) is 0.715. The van der Waals surface area contributed by atoms with Crippen molar-refractivity contribution in [1.29, 1.82) is 5.26 Å². The van der Waals surface area contributed by atoms with E-state index in [0.717, 1.165) is 48.2 Å². The molecule has 0 saturated carbocycles. The highest BCUT2D eigenvalue weighted by Gasteiger charge is 2.37. The molecule has 4 rings (SSSR count). The summed E-state index contributed by atoms with van der Waals surface area (Å²) in [5.74, 6) is 1.40. The summed E-state index contributed by atoms with van der Waals surface area (Å²) < 4.78 is 0. The third-order valence-electron chi connectivity index (χ3n) is 5.44. The van der Waals surface area contributed by atoms with E-state index in [1.54, 1.807) is 0 Å². The van der Waals surface area contributed by atoms with Gasteiger partial charge < -0.3 is 15.3 Å². The number of hydrogen-bond donors (Lipinski definition) is 2. The Morgan fingerprint density at radius 1 is 1.04 bits per heavy atom. The number of aromatic nitrogens is 2. The van der Waals surface area contributed by atoms with E-state index in [1.165, 1.54) is 0 Å². The molecule has 1 aliphatic rings. The molecule has 2 N–H and O–H groups in total. The number of nitrogens with zero attached hydrogens (tertiary/aromatic N) is 4. The number of anilines is 2. The third-order valence-corrected chi connectivity index (χ3v) is 5.44. The summed E-state index contributed by atoms with van der Waals surface area (Å²) in [5, 5.41) is 23.2. The minimum absolute atomic E-state index is 0.0408. The topological polar surface area (TPSA) is 85.1 Å². The van der Waals surface area contributed by atoms with Crippen LogP contribution in [0.5, 0.6) is 0 Å². The van der Waals surface area contributed by atoms with Gasteiger partial charge in [-0.15, -0.1) is 0 Å². The Labute approximate surface area is 164 Å². The van der Waals surface area contributed by atoms with E-state index in [2.05, 4.69) is 16.3 Å². The van der Waals surface area contributed by atoms with Crippen molar-refractivity contribution in [3.8, 4) is 6.07 Å². The lowest BCUT2D eigenvalue weighted by Crippen LogP contribution is -2.42. The first-order valence-corrected chi connectivity index (χ1v) is 9.59. The fraction of sp³-hybridized carbons (Fsp3) is 0.318. The predicted molar refractivity (Wildman–Crippen MR) is 110 cm³/mol. The molecule has 1 aliphatic heterocycles. The second-order valence-electron chi connectivity index (χ2n) is 7.09. The molecule has 0 aliphatic carbocycles. The lowest BCUT2D eigenvalue weighted by atomic mass is 9.74. The van der Waals surface area contributed by atoms with E-state index < -0.39 is 5.41 Å². The van der Waals surface area contributed by atoms with E-state index in [0.29, 0.717) is 12.5 Å². The average Bonchev–Trinajstić information content (AvgIpc) is 2.78. The number of aliphatic hydroxyl groups excluding tert-OH is 1. The van der Waals surface area contributed by atoms with Crippen molar-refractivity contribution >= 4 is 22.7 Å². The minimum atomic E-state index is -0.452. The Bertz CT molecular complexity index is 991. The molecule has 1 fully saturated rings. The van der Waals surface area contributed by atoms with E-state index in [9.17, 15) is 5.26 Å². The molecule has 0 spiro atoms. The Balaban J connectivity index is 1.61. The number of para-hydroxylation sites is 1. The molecule has 6 heteroatoms. The third kappa shape index (κ3) is 3.37. The summed E-state index contributed by atoms with van der Waals surface area (Å²) in [6.07, 6.45) is 1.48. The van der Waals surface area contributed by atoms with Gasteiger partial charge in [0, 0.05) is 25.0 Å². The molecule has 2 aromatic carbocycles. The predicted octanol–water partition coefficient (Wildman–Crippen LogP) is 3.10. The molecule has 1 saturated heterocycles. The normalized spacial score (nSPS) is 15.9. The summed E-state index contributed by atoms with van der Waals surface area (Å²) in [6, 6.07) is 20.5. The van der Waals surface area contributed by atoms with Gasteiger partial charge in [0.1, 0.15) is 5.82 Å². The molecule has 0 bridgehead atoms. The van der Waals surface area contributed by atoms with Crippen LogP contribution < -0.4 is 10.2 Å². The van der Waals surface area contributed by atoms with Crippen LogP contribution >= 0.6 is 0 Å². The fourth-order valence-electron chi connectivity index (χ4n) is 3.83. The highest BCUT2D eigenvalue weighted by molar-refractivity contribution is 5.90. The van der Waals surface area contributed by atoms with Crippen LogP contribution in [0, 0.1) is 11.3 Å². The molecule has 142 valence electrons. The van der Waals surface area contributed by atoms with Crippen LogP contribution in [0.2, 0.25) is 0 Å². The maximum atomic E-state index is 9.90. The molecule has 0 radical (unpaired) electrons. The zero-order chi connectivity index (χ0) is 19.4. The number of benzene rings is 2. The Kier molecular flexibility index (Phi) is 5.09.